The van der Waals surface area contributed by atoms with Gasteiger partial charge in [-0.15, -0.1) is 0 Å². The highest BCUT2D eigenvalue weighted by Gasteiger charge is 2.28. The van der Waals surface area contributed by atoms with Crippen molar-refractivity contribution in [3.63, 3.8) is 0 Å². The number of ether oxygens (including phenoxy) is 1. The molecule has 25 heavy (non-hydrogen) atoms. The van der Waals surface area contributed by atoms with Crippen LogP contribution in [-0.2, 0) is 14.3 Å². The van der Waals surface area contributed by atoms with E-state index in [9.17, 15) is 14.4 Å². The van der Waals surface area contributed by atoms with Crippen LogP contribution < -0.4 is 5.43 Å². The zero-order chi connectivity index (χ0) is 18.4. The van der Waals surface area contributed by atoms with Crippen LogP contribution in [0.15, 0.2) is 53.6 Å². The summed E-state index contributed by atoms with van der Waals surface area (Å²) in [5, 5.41) is 3.86. The van der Waals surface area contributed by atoms with Gasteiger partial charge in [0.1, 0.15) is 0 Å². The number of carbonyl (C=O) groups is 3. The summed E-state index contributed by atoms with van der Waals surface area (Å²) in [5.41, 5.74) is 4.96. The van der Waals surface area contributed by atoms with E-state index in [1.807, 2.05) is 26.0 Å². The number of methoxy groups -OCH3 is 1. The van der Waals surface area contributed by atoms with Crippen LogP contribution in [-0.4, -0.2) is 30.4 Å². The molecule has 1 N–H and O–H groups in total. The highest BCUT2D eigenvalue weighted by molar-refractivity contribution is 6.80. The summed E-state index contributed by atoms with van der Waals surface area (Å²) in [6.07, 6.45) is 0. The number of ketones is 2. The lowest BCUT2D eigenvalue weighted by Gasteiger charge is -2.06. The second-order valence-electron chi connectivity index (χ2n) is 5.45. The van der Waals surface area contributed by atoms with Gasteiger partial charge in [0, 0.05) is 5.56 Å². The van der Waals surface area contributed by atoms with Crippen LogP contribution in [0.4, 0.5) is 5.69 Å². The smallest absolute Gasteiger partial charge is 0.381 e. The third-order valence-electron chi connectivity index (χ3n) is 3.46. The maximum Gasteiger partial charge on any atom is 0.381 e. The largest absolute Gasteiger partial charge is 0.463 e. The lowest BCUT2D eigenvalue weighted by atomic mass is 10.0. The van der Waals surface area contributed by atoms with E-state index in [0.717, 1.165) is 18.2 Å². The molecule has 0 aliphatic heterocycles. The topological polar surface area (TPSA) is 84.8 Å². The summed E-state index contributed by atoms with van der Waals surface area (Å²) in [7, 11) is 1.07. The zero-order valence-electron chi connectivity index (χ0n) is 14.2. The summed E-state index contributed by atoms with van der Waals surface area (Å²) in [5.74, 6) is -2.91. The van der Waals surface area contributed by atoms with Gasteiger partial charge in [-0.2, -0.15) is 5.10 Å². The SMILES string of the molecule is COC(=O)C(=O)/C(=N/Nc1ccc(C)cc1)C(=O)c1ccc(C)cc1. The Hall–Kier alpha value is -3.28. The van der Waals surface area contributed by atoms with E-state index >= 15 is 0 Å². The van der Waals surface area contributed by atoms with Crippen molar-refractivity contribution in [1.82, 2.24) is 0 Å². The molecular weight excluding hydrogens is 320 g/mol. The Labute approximate surface area is 145 Å². The number of aryl methyl sites for hydroxylation is 2. The van der Waals surface area contributed by atoms with Crippen molar-refractivity contribution in [3.8, 4) is 0 Å². The first-order valence-corrected chi connectivity index (χ1v) is 7.56. The minimum atomic E-state index is -1.15. The van der Waals surface area contributed by atoms with E-state index in [0.29, 0.717) is 5.69 Å². The van der Waals surface area contributed by atoms with Crippen LogP contribution in [0.2, 0.25) is 0 Å². The van der Waals surface area contributed by atoms with Crippen molar-refractivity contribution in [2.75, 3.05) is 12.5 Å². The number of esters is 1. The Morgan fingerprint density at radius 1 is 0.880 bits per heavy atom. The number of carbonyl (C=O) groups excluding carboxylic acids is 3. The molecule has 0 bridgehead atoms. The lowest BCUT2D eigenvalue weighted by molar-refractivity contribution is -0.148. The Kier molecular flexibility index (Phi) is 5.79. The molecule has 128 valence electrons. The number of Topliss-reactive ketones (excluding diaryl/α,β-unsaturated/α-hetero) is 2. The molecule has 0 saturated carbocycles. The van der Waals surface area contributed by atoms with Crippen molar-refractivity contribution in [2.45, 2.75) is 13.8 Å². The molecule has 0 unspecified atom stereocenters. The van der Waals surface area contributed by atoms with Gasteiger partial charge in [-0.25, -0.2) is 4.79 Å². The third kappa shape index (κ3) is 4.60. The molecule has 0 heterocycles. The molecule has 0 aliphatic carbocycles. The Bertz CT molecular complexity index is 822. The molecule has 0 aromatic heterocycles. The number of hydrogen-bond donors (Lipinski definition) is 1. The molecule has 0 aliphatic rings. The lowest BCUT2D eigenvalue weighted by Crippen LogP contribution is -2.32. The molecule has 0 spiro atoms. The zero-order valence-corrected chi connectivity index (χ0v) is 14.2. The standard InChI is InChI=1S/C19H18N2O4/c1-12-4-8-14(9-5-12)17(22)16(18(23)19(24)25-3)21-20-15-10-6-13(2)7-11-15/h4-11,20H,1-3H3/b21-16+. The van der Waals surface area contributed by atoms with Gasteiger partial charge in [0.15, 0.2) is 5.71 Å². The fourth-order valence-electron chi connectivity index (χ4n) is 1.98. The number of anilines is 1. The summed E-state index contributed by atoms with van der Waals surface area (Å²) < 4.78 is 4.42. The molecular formula is C19H18N2O4. The van der Waals surface area contributed by atoms with E-state index in [-0.39, 0.29) is 5.56 Å². The van der Waals surface area contributed by atoms with E-state index in [2.05, 4.69) is 15.3 Å². The molecule has 0 radical (unpaired) electrons. The monoisotopic (exact) mass is 338 g/mol. The van der Waals surface area contributed by atoms with Crippen molar-refractivity contribution >= 4 is 28.9 Å². The molecule has 2 rings (SSSR count). The Morgan fingerprint density at radius 3 is 1.92 bits per heavy atom. The molecule has 2 aromatic carbocycles. The predicted molar refractivity (Wildman–Crippen MR) is 94.8 cm³/mol. The average Bonchev–Trinajstić information content (AvgIpc) is 2.62. The van der Waals surface area contributed by atoms with Crippen molar-refractivity contribution in [1.29, 1.82) is 0 Å². The maximum atomic E-state index is 12.6. The quantitative estimate of drug-likeness (QED) is 0.219. The minimum absolute atomic E-state index is 0.257. The van der Waals surface area contributed by atoms with Gasteiger partial charge in [-0.1, -0.05) is 47.5 Å². The van der Waals surface area contributed by atoms with Gasteiger partial charge in [0.05, 0.1) is 12.8 Å². The summed E-state index contributed by atoms with van der Waals surface area (Å²) in [4.78, 5) is 36.3. The summed E-state index contributed by atoms with van der Waals surface area (Å²) in [6, 6.07) is 13.8. The fraction of sp³-hybridized carbons (Fsp3) is 0.158. The number of nitrogens with one attached hydrogen (secondary N) is 1. The second-order valence-corrected chi connectivity index (χ2v) is 5.45. The van der Waals surface area contributed by atoms with Gasteiger partial charge in [0.25, 0.3) is 5.78 Å². The van der Waals surface area contributed by atoms with Gasteiger partial charge in [-0.3, -0.25) is 15.0 Å². The number of hydrazone groups is 1. The molecule has 0 amide bonds. The van der Waals surface area contributed by atoms with E-state index in [1.54, 1.807) is 36.4 Å². The molecule has 0 saturated heterocycles. The summed E-state index contributed by atoms with van der Waals surface area (Å²) in [6.45, 7) is 3.81. The van der Waals surface area contributed by atoms with E-state index in [1.165, 1.54) is 0 Å². The van der Waals surface area contributed by atoms with Crippen LogP contribution in [0.25, 0.3) is 0 Å². The summed E-state index contributed by atoms with van der Waals surface area (Å²) >= 11 is 0. The molecule has 6 heteroatoms. The van der Waals surface area contributed by atoms with E-state index < -0.39 is 23.2 Å². The molecule has 6 nitrogen and oxygen atoms in total. The van der Waals surface area contributed by atoms with E-state index in [4.69, 9.17) is 0 Å². The first-order valence-electron chi connectivity index (χ1n) is 7.56. The predicted octanol–water partition coefficient (Wildman–Crippen LogP) is 2.70. The molecule has 0 fully saturated rings. The van der Waals surface area contributed by atoms with Crippen LogP contribution in [0.5, 0.6) is 0 Å². The first-order chi connectivity index (χ1) is 11.9. The van der Waals surface area contributed by atoms with Gasteiger partial charge in [0.2, 0.25) is 5.78 Å². The normalized spacial score (nSPS) is 10.9. The second kappa shape index (κ2) is 8.01. The molecule has 0 atom stereocenters. The van der Waals surface area contributed by atoms with Crippen LogP contribution in [0, 0.1) is 13.8 Å². The fourth-order valence-corrected chi connectivity index (χ4v) is 1.98. The van der Waals surface area contributed by atoms with Crippen molar-refractivity contribution < 1.29 is 19.1 Å². The maximum absolute atomic E-state index is 12.6. The average molecular weight is 338 g/mol. The van der Waals surface area contributed by atoms with Crippen LogP contribution >= 0.6 is 0 Å². The Morgan fingerprint density at radius 2 is 1.40 bits per heavy atom. The highest BCUT2D eigenvalue weighted by atomic mass is 16.5. The molecule has 2 aromatic rings. The highest BCUT2D eigenvalue weighted by Crippen LogP contribution is 2.10. The first kappa shape index (κ1) is 18.1. The van der Waals surface area contributed by atoms with Crippen LogP contribution in [0.1, 0.15) is 21.5 Å². The number of benzene rings is 2. The van der Waals surface area contributed by atoms with Gasteiger partial charge >= 0.3 is 5.97 Å². The van der Waals surface area contributed by atoms with Crippen LogP contribution in [0.3, 0.4) is 0 Å². The third-order valence-corrected chi connectivity index (χ3v) is 3.46. The van der Waals surface area contributed by atoms with Crippen molar-refractivity contribution in [3.05, 3.63) is 65.2 Å². The van der Waals surface area contributed by atoms with Gasteiger partial charge in [-0.05, 0) is 26.0 Å². The van der Waals surface area contributed by atoms with Crippen molar-refractivity contribution in [2.24, 2.45) is 5.10 Å². The minimum Gasteiger partial charge on any atom is -0.463 e. The number of nitrogens with zero attached hydrogens (tertiary/aromatic N) is 1. The number of rotatable bonds is 6. The van der Waals surface area contributed by atoms with Gasteiger partial charge < -0.3 is 4.74 Å². The Balaban J connectivity index is 2.34. The number of hydrogen-bond acceptors (Lipinski definition) is 6.